The number of nitrogens with zero attached hydrogens (tertiary/aromatic N) is 2. The number of amides is 1. The van der Waals surface area contributed by atoms with Gasteiger partial charge in [-0.1, -0.05) is 91.7 Å². The number of aliphatic hydroxyl groups is 1. The molecule has 0 aliphatic carbocycles. The highest BCUT2D eigenvalue weighted by molar-refractivity contribution is 5.76. The Kier molecular flexibility index (Phi) is 11.5. The molecule has 9 heteroatoms. The van der Waals surface area contributed by atoms with E-state index in [1.807, 2.05) is 73.1 Å². The highest BCUT2D eigenvalue weighted by atomic mass is 16.7. The number of carboxylic acids is 1. The highest BCUT2D eigenvalue weighted by Gasteiger charge is 2.32. The van der Waals surface area contributed by atoms with Crippen LogP contribution in [0.25, 0.3) is 22.2 Å². The maximum Gasteiger partial charge on any atom is 0.303 e. The number of aliphatic carboxylic acids is 1. The molecule has 3 atom stereocenters. The second kappa shape index (κ2) is 16.5. The van der Waals surface area contributed by atoms with Gasteiger partial charge in [0.25, 0.3) is 0 Å². The van der Waals surface area contributed by atoms with Crippen LogP contribution in [0, 0.1) is 0 Å². The number of fused-ring (bicyclic) bond motifs is 1. The van der Waals surface area contributed by atoms with E-state index in [-0.39, 0.29) is 31.1 Å². The second-order valence-electron chi connectivity index (χ2n) is 12.6. The largest absolute Gasteiger partial charge is 0.481 e. The molecule has 4 aromatic carbocycles. The van der Waals surface area contributed by atoms with Crippen LogP contribution in [0.4, 0.5) is 0 Å². The maximum atomic E-state index is 12.4. The minimum atomic E-state index is -0.774. The fraction of sp³-hybridized carbons (Fsp3) is 0.325. The van der Waals surface area contributed by atoms with Crippen LogP contribution < -0.4 is 5.32 Å². The van der Waals surface area contributed by atoms with E-state index in [4.69, 9.17) is 14.6 Å². The first-order valence-corrected chi connectivity index (χ1v) is 17.0. The molecule has 1 amide bonds. The number of ether oxygens (including phenoxy) is 2. The Balaban J connectivity index is 1.10. The molecule has 49 heavy (non-hydrogen) atoms. The molecule has 1 aliphatic rings. The van der Waals surface area contributed by atoms with Gasteiger partial charge in [0.2, 0.25) is 5.91 Å². The van der Waals surface area contributed by atoms with Crippen LogP contribution in [-0.4, -0.2) is 37.7 Å². The smallest absolute Gasteiger partial charge is 0.303 e. The van der Waals surface area contributed by atoms with Crippen molar-refractivity contribution in [1.29, 1.82) is 0 Å². The molecule has 6 rings (SSSR count). The zero-order valence-corrected chi connectivity index (χ0v) is 27.5. The number of rotatable bonds is 15. The molecule has 3 N–H and O–H groups in total. The summed E-state index contributed by atoms with van der Waals surface area (Å²) in [5, 5.41) is 21.3. The summed E-state index contributed by atoms with van der Waals surface area (Å²) < 4.78 is 15.3. The quantitative estimate of drug-likeness (QED) is 0.0994. The predicted octanol–water partition coefficient (Wildman–Crippen LogP) is 7.48. The molecule has 1 aromatic heterocycles. The molecule has 0 radical (unpaired) electrons. The van der Waals surface area contributed by atoms with E-state index >= 15 is 0 Å². The zero-order valence-electron chi connectivity index (χ0n) is 27.5. The van der Waals surface area contributed by atoms with Gasteiger partial charge < -0.3 is 29.6 Å². The minimum absolute atomic E-state index is 0.00245. The van der Waals surface area contributed by atoms with Gasteiger partial charge in [0.05, 0.1) is 42.7 Å². The number of hydrogen-bond acceptors (Lipinski definition) is 6. The molecule has 5 aromatic rings. The standard InChI is InChI=1S/C40H43N3O6/c44-26-28-14-16-31(17-15-28)37-23-34(25-43-27-42-35-10-5-6-11-36(35)43)48-40(49-37)32-20-18-30(19-21-32)33-9-7-8-29(22-33)24-41-38(45)12-3-1-2-4-13-39(46)47/h5-11,14-22,27,34,37,40,44H,1-4,12-13,23-26H2,(H,41,45)(H,46,47). The average Bonchev–Trinajstić information content (AvgIpc) is 3.54. The van der Waals surface area contributed by atoms with E-state index in [9.17, 15) is 14.7 Å². The Morgan fingerprint density at radius 2 is 1.55 bits per heavy atom. The Labute approximate surface area is 286 Å². The van der Waals surface area contributed by atoms with Crippen LogP contribution in [0.5, 0.6) is 0 Å². The number of aliphatic hydroxyl groups excluding tert-OH is 1. The fourth-order valence-corrected chi connectivity index (χ4v) is 6.31. The van der Waals surface area contributed by atoms with Crippen LogP contribution in [0.2, 0.25) is 0 Å². The lowest BCUT2D eigenvalue weighted by Gasteiger charge is -2.36. The van der Waals surface area contributed by atoms with E-state index in [1.165, 1.54) is 0 Å². The summed E-state index contributed by atoms with van der Waals surface area (Å²) in [5.41, 5.74) is 7.95. The van der Waals surface area contributed by atoms with Crippen molar-refractivity contribution < 1.29 is 29.3 Å². The second-order valence-corrected chi connectivity index (χ2v) is 12.6. The lowest BCUT2D eigenvalue weighted by molar-refractivity contribution is -0.252. The zero-order chi connectivity index (χ0) is 34.0. The third kappa shape index (κ3) is 9.20. The van der Waals surface area contributed by atoms with Crippen LogP contribution in [0.3, 0.4) is 0 Å². The van der Waals surface area contributed by atoms with Gasteiger partial charge in [-0.2, -0.15) is 0 Å². The molecular weight excluding hydrogens is 618 g/mol. The van der Waals surface area contributed by atoms with Crippen LogP contribution >= 0.6 is 0 Å². The first kappa shape index (κ1) is 34.0. The summed E-state index contributed by atoms with van der Waals surface area (Å²) in [6.45, 7) is 1.08. The lowest BCUT2D eigenvalue weighted by atomic mass is 9.99. The summed E-state index contributed by atoms with van der Waals surface area (Å²) in [4.78, 5) is 27.6. The van der Waals surface area contributed by atoms with Crippen molar-refractivity contribution in [2.45, 2.75) is 83.1 Å². The molecule has 0 saturated carbocycles. The van der Waals surface area contributed by atoms with Gasteiger partial charge in [-0.05, 0) is 58.9 Å². The van der Waals surface area contributed by atoms with Crippen LogP contribution in [0.1, 0.15) is 79.6 Å². The number of carboxylic acid groups (broad SMARTS) is 1. The van der Waals surface area contributed by atoms with Crippen molar-refractivity contribution in [2.24, 2.45) is 0 Å². The number of para-hydroxylation sites is 2. The van der Waals surface area contributed by atoms with Gasteiger partial charge in [-0.15, -0.1) is 0 Å². The van der Waals surface area contributed by atoms with Crippen molar-refractivity contribution in [1.82, 2.24) is 14.9 Å². The Bertz CT molecular complexity index is 1840. The number of unbranched alkanes of at least 4 members (excludes halogenated alkanes) is 3. The first-order valence-electron chi connectivity index (χ1n) is 17.0. The van der Waals surface area contributed by atoms with Gasteiger partial charge >= 0.3 is 5.97 Å². The van der Waals surface area contributed by atoms with Gasteiger partial charge in [0.1, 0.15) is 0 Å². The summed E-state index contributed by atoms with van der Waals surface area (Å²) in [5.74, 6) is -0.772. The molecule has 9 nitrogen and oxygen atoms in total. The fourth-order valence-electron chi connectivity index (χ4n) is 6.31. The Morgan fingerprint density at radius 1 is 0.796 bits per heavy atom. The number of imidazole rings is 1. The Morgan fingerprint density at radius 3 is 2.33 bits per heavy atom. The normalized spacial score (nSPS) is 17.6. The molecule has 254 valence electrons. The number of hydrogen-bond donors (Lipinski definition) is 3. The van der Waals surface area contributed by atoms with Crippen molar-refractivity contribution in [2.75, 3.05) is 0 Å². The first-order chi connectivity index (χ1) is 23.9. The van der Waals surface area contributed by atoms with Crippen LogP contribution in [0.15, 0.2) is 103 Å². The SMILES string of the molecule is O=C(O)CCCCCCC(=O)NCc1cccc(-c2ccc(C3OC(Cn4cnc5ccccc54)CC(c4ccc(CO)cc4)O3)cc2)c1. The van der Waals surface area contributed by atoms with Crippen molar-refractivity contribution in [3.63, 3.8) is 0 Å². The molecule has 0 bridgehead atoms. The summed E-state index contributed by atoms with van der Waals surface area (Å²) in [7, 11) is 0. The molecule has 1 aliphatic heterocycles. The summed E-state index contributed by atoms with van der Waals surface area (Å²) >= 11 is 0. The Hall–Kier alpha value is -4.83. The monoisotopic (exact) mass is 661 g/mol. The molecular formula is C40H43N3O6. The number of aromatic nitrogens is 2. The van der Waals surface area contributed by atoms with E-state index < -0.39 is 12.3 Å². The maximum absolute atomic E-state index is 12.4. The third-order valence-corrected chi connectivity index (χ3v) is 9.02. The lowest BCUT2D eigenvalue weighted by Crippen LogP contribution is -2.32. The molecule has 2 heterocycles. The number of benzene rings is 4. The van der Waals surface area contributed by atoms with E-state index in [1.54, 1.807) is 0 Å². The molecule has 3 unspecified atom stereocenters. The van der Waals surface area contributed by atoms with Crippen LogP contribution in [-0.2, 0) is 38.8 Å². The van der Waals surface area contributed by atoms with Gasteiger partial charge in [-0.25, -0.2) is 4.98 Å². The molecule has 1 fully saturated rings. The molecule has 0 spiro atoms. The number of carbonyl (C=O) groups excluding carboxylic acids is 1. The van der Waals surface area contributed by atoms with Crippen molar-refractivity contribution in [3.05, 3.63) is 126 Å². The van der Waals surface area contributed by atoms with Crippen molar-refractivity contribution in [3.8, 4) is 11.1 Å². The number of nitrogens with one attached hydrogen (secondary N) is 1. The van der Waals surface area contributed by atoms with Gasteiger partial charge in [-0.3, -0.25) is 9.59 Å². The van der Waals surface area contributed by atoms with Gasteiger partial charge in [0.15, 0.2) is 6.29 Å². The third-order valence-electron chi connectivity index (χ3n) is 9.02. The number of carbonyl (C=O) groups is 2. The van der Waals surface area contributed by atoms with E-state index in [0.717, 1.165) is 63.7 Å². The molecule has 1 saturated heterocycles. The topological polar surface area (TPSA) is 123 Å². The highest BCUT2D eigenvalue weighted by Crippen LogP contribution is 2.39. The van der Waals surface area contributed by atoms with E-state index in [2.05, 4.69) is 45.2 Å². The average molecular weight is 662 g/mol. The van der Waals surface area contributed by atoms with Crippen molar-refractivity contribution >= 4 is 22.9 Å². The summed E-state index contributed by atoms with van der Waals surface area (Å²) in [6, 6.07) is 32.4. The summed E-state index contributed by atoms with van der Waals surface area (Å²) in [6.07, 6.45) is 5.37. The van der Waals surface area contributed by atoms with E-state index in [0.29, 0.717) is 32.4 Å². The van der Waals surface area contributed by atoms with Gasteiger partial charge in [0, 0.05) is 31.4 Å². The minimum Gasteiger partial charge on any atom is -0.481 e. The predicted molar refractivity (Wildman–Crippen MR) is 187 cm³/mol.